The summed E-state index contributed by atoms with van der Waals surface area (Å²) >= 11 is 1.06. The topological polar surface area (TPSA) is 17.1 Å². The summed E-state index contributed by atoms with van der Waals surface area (Å²) in [4.78, 5) is 0. The predicted octanol–water partition coefficient (Wildman–Crippen LogP) is -5.47. The molecule has 5 heavy (non-hydrogen) atoms. The molecular weight excluding hydrogens is 181 g/mol. The molecule has 0 spiro atoms. The van der Waals surface area contributed by atoms with E-state index < -0.39 is 0 Å². The van der Waals surface area contributed by atoms with Gasteiger partial charge < -0.3 is 2.85 Å². The van der Waals surface area contributed by atoms with Crippen LogP contribution in [0.2, 0.25) is 0 Å². The molecule has 0 aromatic rings. The van der Waals surface area contributed by atoms with Crippen LogP contribution in [0, 0.1) is 0 Å². The predicted molar refractivity (Wildman–Crippen MR) is 10.2 cm³/mol. The van der Waals surface area contributed by atoms with Crippen molar-refractivity contribution in [3.8, 4) is 0 Å². The fourth-order valence-electron chi connectivity index (χ4n) is 0. The van der Waals surface area contributed by atoms with Crippen molar-refractivity contribution < 1.29 is 127 Å². The Balaban J connectivity index is -0.000000000500. The molecule has 0 saturated heterocycles. The van der Waals surface area contributed by atoms with Crippen molar-refractivity contribution in [3.63, 3.8) is 0 Å². The van der Waals surface area contributed by atoms with Gasteiger partial charge in [-0.25, -0.2) is 0 Å². The van der Waals surface area contributed by atoms with Gasteiger partial charge in [0.1, 0.15) is 0 Å². The van der Waals surface area contributed by atoms with E-state index in [9.17, 15) is 0 Å². The summed E-state index contributed by atoms with van der Waals surface area (Å²) in [5.74, 6) is 0. The van der Waals surface area contributed by atoms with E-state index in [1.165, 1.54) is 0 Å². The third kappa shape index (κ3) is 18.0. The molecule has 0 amide bonds. The molecule has 0 atom stereocenters. The Bertz CT molecular complexity index is 15.7. The van der Waals surface area contributed by atoms with Gasteiger partial charge in [0.05, 0.1) is 0 Å². The Hall–Kier alpha value is 3.95. The van der Waals surface area contributed by atoms with Gasteiger partial charge in [0.25, 0.3) is 0 Å². The molecule has 0 unspecified atom stereocenters. The third-order valence-corrected chi connectivity index (χ3v) is 0. The van der Waals surface area contributed by atoms with Crippen LogP contribution >= 0.6 is 12.4 Å². The van der Waals surface area contributed by atoms with E-state index in [1.54, 1.807) is 0 Å². The Morgan fingerprint density at radius 2 is 1.20 bits per heavy atom. The van der Waals surface area contributed by atoms with E-state index in [0.717, 1.165) is 17.4 Å². The van der Waals surface area contributed by atoms with Gasteiger partial charge in [0.2, 0.25) is 0 Å². The van der Waals surface area contributed by atoms with E-state index in [1.807, 2.05) is 0 Å². The molecule has 23 valence electrons. The quantitative estimate of drug-likeness (QED) is 0.343. The Labute approximate surface area is 135 Å². The molecule has 0 aliphatic rings. The van der Waals surface area contributed by atoms with Gasteiger partial charge in [-0.05, 0) is 0 Å². The summed E-state index contributed by atoms with van der Waals surface area (Å²) in [7, 11) is 0. The van der Waals surface area contributed by atoms with Crippen LogP contribution in [0.25, 0.3) is 0 Å². The maximum absolute atomic E-state index is 8.19. The summed E-state index contributed by atoms with van der Waals surface area (Å²) in [5.41, 5.74) is 0. The second-order valence-electron chi connectivity index (χ2n) is 0. The van der Waals surface area contributed by atoms with Crippen molar-refractivity contribution in [2.45, 2.75) is 0 Å². The molecule has 5 heteroatoms. The molecule has 0 heterocycles. The van der Waals surface area contributed by atoms with Crippen molar-refractivity contribution >= 4 is 12.4 Å². The normalized spacial score (nSPS) is 0.600. The Morgan fingerprint density at radius 1 is 1.20 bits per heavy atom. The second-order valence-corrected chi connectivity index (χ2v) is 0. The molecule has 1 nitrogen and oxygen atoms in total. The minimum atomic E-state index is 0. The van der Waals surface area contributed by atoms with Crippen molar-refractivity contribution in [1.82, 2.24) is 0 Å². The van der Waals surface area contributed by atoms with Crippen molar-refractivity contribution in [2.24, 2.45) is 0 Å². The van der Waals surface area contributed by atoms with Crippen molar-refractivity contribution in [2.75, 3.05) is 0 Å². The summed E-state index contributed by atoms with van der Waals surface area (Å²) in [6.07, 6.45) is 0. The number of hydrogen-bond donors (Lipinski definition) is 0. The van der Waals surface area contributed by atoms with Gasteiger partial charge in [0.15, 0.2) is 0 Å². The van der Waals surface area contributed by atoms with Crippen molar-refractivity contribution in [3.05, 3.63) is 0 Å². The van der Waals surface area contributed by atoms with Gasteiger partial charge in [-0.1, -0.05) is 0 Å². The molecule has 0 aliphatic heterocycles. The molecule has 0 fully saturated rings. The summed E-state index contributed by atoms with van der Waals surface area (Å²) in [5, 5.41) is 0. The van der Waals surface area contributed by atoms with Crippen LogP contribution < -0.4 is 103 Å². The van der Waals surface area contributed by atoms with Crippen molar-refractivity contribution in [1.29, 1.82) is 0 Å². The summed E-state index contributed by atoms with van der Waals surface area (Å²) in [6.45, 7) is 0. The first-order valence-corrected chi connectivity index (χ1v) is 0.753. The van der Waals surface area contributed by atoms with Gasteiger partial charge in [-0.15, -0.1) is 12.4 Å². The molecule has 0 radical (unpaired) electrons. The van der Waals surface area contributed by atoms with E-state index in [-0.39, 0.29) is 118 Å². The van der Waals surface area contributed by atoms with Gasteiger partial charge in [-0.3, -0.25) is 0 Å². The summed E-state index contributed by atoms with van der Waals surface area (Å²) < 4.78 is 8.19. The second kappa shape index (κ2) is 24.6. The van der Waals surface area contributed by atoms with Gasteiger partial charge >= 0.3 is 124 Å². The minimum absolute atomic E-state index is 0. The first-order valence-electron chi connectivity index (χ1n) is 0.183. The molecule has 0 rings (SSSR count). The van der Waals surface area contributed by atoms with E-state index in [0.29, 0.717) is 0 Å². The van der Waals surface area contributed by atoms with E-state index >= 15 is 0 Å². The fraction of sp³-hybridized carbons (Fsp3) is 0. The van der Waals surface area contributed by atoms with Gasteiger partial charge in [0, 0.05) is 0 Å². The molecule has 0 N–H and O–H groups in total. The maximum atomic E-state index is 8.19. The number of hydrogen-bond acceptors (Lipinski definition) is 1. The SMILES string of the molecule is Cl.[H-].[H-].[K+].[K+].[O]=[V]. The van der Waals surface area contributed by atoms with Crippen LogP contribution in [0.4, 0.5) is 0 Å². The molecular formula is H3ClK2OV. The Kier molecular flexibility index (Phi) is 114. The fourth-order valence-corrected chi connectivity index (χ4v) is 0. The molecule has 0 aromatic heterocycles. The zero-order valence-electron chi connectivity index (χ0n) is 5.26. The number of halogens is 1. The number of rotatable bonds is 0. The van der Waals surface area contributed by atoms with Crippen LogP contribution in [-0.4, -0.2) is 0 Å². The third-order valence-electron chi connectivity index (χ3n) is 0. The van der Waals surface area contributed by atoms with Crippen LogP contribution in [0.3, 0.4) is 0 Å². The van der Waals surface area contributed by atoms with E-state index in [2.05, 4.69) is 0 Å². The average molecular weight is 184 g/mol. The van der Waals surface area contributed by atoms with Gasteiger partial charge in [-0.2, -0.15) is 0 Å². The first kappa shape index (κ1) is 23.1. The molecule has 0 aromatic carbocycles. The average Bonchev–Trinajstić information content (AvgIpc) is 1.00. The van der Waals surface area contributed by atoms with Crippen LogP contribution in [0.1, 0.15) is 2.85 Å². The van der Waals surface area contributed by atoms with Crippen LogP contribution in [0.5, 0.6) is 0 Å². The molecule has 0 bridgehead atoms. The Morgan fingerprint density at radius 3 is 1.20 bits per heavy atom. The summed E-state index contributed by atoms with van der Waals surface area (Å²) in [6, 6.07) is 0. The standard InChI is InChI=1S/ClH.2K.O.V.2H/h1H;;;;;;/q;2*+1;;;2*-1. The zero-order valence-corrected chi connectivity index (χ0v) is 11.7. The van der Waals surface area contributed by atoms with E-state index in [4.69, 9.17) is 3.67 Å². The molecule has 0 aliphatic carbocycles. The van der Waals surface area contributed by atoms with Crippen LogP contribution in [-0.2, 0) is 21.0 Å². The van der Waals surface area contributed by atoms with Crippen LogP contribution in [0.15, 0.2) is 0 Å². The molecule has 0 saturated carbocycles. The first-order chi connectivity index (χ1) is 1.00. The zero-order chi connectivity index (χ0) is 2.00. The monoisotopic (exact) mass is 183 g/mol.